The van der Waals surface area contributed by atoms with Crippen LogP contribution >= 0.6 is 0 Å². The SMILES string of the molecule is CC(C)NC(C)c1nc2ccccc2c(=O)[nH]1. The lowest BCUT2D eigenvalue weighted by atomic mass is 10.2. The first kappa shape index (κ1) is 11.8. The van der Waals surface area contributed by atoms with E-state index in [2.05, 4.69) is 29.1 Å². The van der Waals surface area contributed by atoms with Crippen molar-refractivity contribution in [2.45, 2.75) is 32.9 Å². The largest absolute Gasteiger partial charge is 0.309 e. The summed E-state index contributed by atoms with van der Waals surface area (Å²) in [7, 11) is 0. The molecule has 0 fully saturated rings. The van der Waals surface area contributed by atoms with E-state index in [1.165, 1.54) is 0 Å². The van der Waals surface area contributed by atoms with E-state index in [0.29, 0.717) is 17.3 Å². The Morgan fingerprint density at radius 2 is 1.94 bits per heavy atom. The molecule has 0 saturated heterocycles. The maximum absolute atomic E-state index is 11.9. The fourth-order valence-electron chi connectivity index (χ4n) is 1.89. The van der Waals surface area contributed by atoms with Gasteiger partial charge in [0.1, 0.15) is 5.82 Å². The topological polar surface area (TPSA) is 57.8 Å². The van der Waals surface area contributed by atoms with E-state index >= 15 is 0 Å². The van der Waals surface area contributed by atoms with E-state index < -0.39 is 0 Å². The van der Waals surface area contributed by atoms with Crippen LogP contribution in [-0.2, 0) is 0 Å². The van der Waals surface area contributed by atoms with Gasteiger partial charge < -0.3 is 10.3 Å². The summed E-state index contributed by atoms with van der Waals surface area (Å²) < 4.78 is 0. The van der Waals surface area contributed by atoms with Crippen molar-refractivity contribution < 1.29 is 0 Å². The molecule has 1 unspecified atom stereocenters. The van der Waals surface area contributed by atoms with Crippen molar-refractivity contribution in [3.05, 3.63) is 40.4 Å². The number of H-pyrrole nitrogens is 1. The summed E-state index contributed by atoms with van der Waals surface area (Å²) in [5, 5.41) is 3.95. The second-order valence-electron chi connectivity index (χ2n) is 4.51. The Morgan fingerprint density at radius 3 is 2.65 bits per heavy atom. The van der Waals surface area contributed by atoms with Crippen LogP contribution in [0.25, 0.3) is 10.9 Å². The molecular formula is C13H17N3O. The van der Waals surface area contributed by atoms with Crippen LogP contribution in [0, 0.1) is 0 Å². The predicted molar refractivity (Wildman–Crippen MR) is 69.1 cm³/mol. The second kappa shape index (κ2) is 4.67. The van der Waals surface area contributed by atoms with Crippen molar-refractivity contribution in [2.75, 3.05) is 0 Å². The molecule has 1 atom stereocenters. The first-order valence-electron chi connectivity index (χ1n) is 5.83. The summed E-state index contributed by atoms with van der Waals surface area (Å²) in [4.78, 5) is 19.2. The number of hydrogen-bond acceptors (Lipinski definition) is 3. The number of fused-ring (bicyclic) bond motifs is 1. The highest BCUT2D eigenvalue weighted by atomic mass is 16.1. The summed E-state index contributed by atoms with van der Waals surface area (Å²) in [6.45, 7) is 6.12. The van der Waals surface area contributed by atoms with Crippen molar-refractivity contribution >= 4 is 10.9 Å². The van der Waals surface area contributed by atoms with Crippen LogP contribution in [0.5, 0.6) is 0 Å². The van der Waals surface area contributed by atoms with E-state index in [4.69, 9.17) is 0 Å². The zero-order valence-corrected chi connectivity index (χ0v) is 10.3. The van der Waals surface area contributed by atoms with E-state index in [0.717, 1.165) is 5.52 Å². The highest BCUT2D eigenvalue weighted by Crippen LogP contribution is 2.10. The molecular weight excluding hydrogens is 214 g/mol. The van der Waals surface area contributed by atoms with Gasteiger partial charge in [-0.25, -0.2) is 4.98 Å². The lowest BCUT2D eigenvalue weighted by Crippen LogP contribution is -2.29. The Kier molecular flexibility index (Phi) is 3.24. The van der Waals surface area contributed by atoms with E-state index in [9.17, 15) is 4.79 Å². The molecule has 1 aromatic carbocycles. The van der Waals surface area contributed by atoms with E-state index in [1.54, 1.807) is 6.07 Å². The van der Waals surface area contributed by atoms with Crippen molar-refractivity contribution in [3.8, 4) is 0 Å². The number of nitrogens with one attached hydrogen (secondary N) is 2. The van der Waals surface area contributed by atoms with Gasteiger partial charge in [0.05, 0.1) is 16.9 Å². The molecule has 0 aliphatic carbocycles. The van der Waals surface area contributed by atoms with E-state index in [-0.39, 0.29) is 11.6 Å². The summed E-state index contributed by atoms with van der Waals surface area (Å²) in [6.07, 6.45) is 0. The second-order valence-corrected chi connectivity index (χ2v) is 4.51. The standard InChI is InChI=1S/C13H17N3O/c1-8(2)14-9(3)12-15-11-7-5-4-6-10(11)13(17)16-12/h4-9,14H,1-3H3,(H,15,16,17). The third-order valence-corrected chi connectivity index (χ3v) is 2.62. The van der Waals surface area contributed by atoms with E-state index in [1.807, 2.05) is 25.1 Å². The summed E-state index contributed by atoms with van der Waals surface area (Å²) in [6, 6.07) is 7.75. The molecule has 0 radical (unpaired) electrons. The normalized spacial score (nSPS) is 13.2. The summed E-state index contributed by atoms with van der Waals surface area (Å²) >= 11 is 0. The van der Waals surface area contributed by atoms with Gasteiger partial charge in [-0.15, -0.1) is 0 Å². The van der Waals surface area contributed by atoms with Gasteiger partial charge in [0.25, 0.3) is 5.56 Å². The minimum atomic E-state index is -0.0805. The quantitative estimate of drug-likeness (QED) is 0.849. The molecule has 0 spiro atoms. The molecule has 4 heteroatoms. The zero-order chi connectivity index (χ0) is 12.4. The Morgan fingerprint density at radius 1 is 1.24 bits per heavy atom. The van der Waals surface area contributed by atoms with Gasteiger partial charge in [0, 0.05) is 6.04 Å². The molecule has 4 nitrogen and oxygen atoms in total. The van der Waals surface area contributed by atoms with Gasteiger partial charge in [0.2, 0.25) is 0 Å². The molecule has 0 saturated carbocycles. The number of rotatable bonds is 3. The van der Waals surface area contributed by atoms with Crippen LogP contribution in [0.15, 0.2) is 29.1 Å². The molecule has 90 valence electrons. The number of aromatic amines is 1. The molecule has 17 heavy (non-hydrogen) atoms. The third-order valence-electron chi connectivity index (χ3n) is 2.62. The molecule has 1 aromatic heterocycles. The minimum absolute atomic E-state index is 0.0345. The average Bonchev–Trinajstić information content (AvgIpc) is 2.28. The molecule has 1 heterocycles. The van der Waals surface area contributed by atoms with Crippen LogP contribution in [0.4, 0.5) is 0 Å². The lowest BCUT2D eigenvalue weighted by molar-refractivity contribution is 0.487. The van der Waals surface area contributed by atoms with Gasteiger partial charge in [-0.3, -0.25) is 4.79 Å². The van der Waals surface area contributed by atoms with Gasteiger partial charge in [-0.2, -0.15) is 0 Å². The fraction of sp³-hybridized carbons (Fsp3) is 0.385. The van der Waals surface area contributed by atoms with Gasteiger partial charge in [-0.1, -0.05) is 26.0 Å². The Labute approximate surface area is 100 Å². The van der Waals surface area contributed by atoms with Gasteiger partial charge in [0.15, 0.2) is 0 Å². The van der Waals surface area contributed by atoms with Gasteiger partial charge in [-0.05, 0) is 19.1 Å². The highest BCUT2D eigenvalue weighted by molar-refractivity contribution is 5.77. The number of aromatic nitrogens is 2. The van der Waals surface area contributed by atoms with Crippen molar-refractivity contribution in [1.82, 2.24) is 15.3 Å². The Hall–Kier alpha value is -1.68. The van der Waals surface area contributed by atoms with Crippen LogP contribution in [-0.4, -0.2) is 16.0 Å². The van der Waals surface area contributed by atoms with Crippen molar-refractivity contribution in [2.24, 2.45) is 0 Å². The molecule has 0 amide bonds. The zero-order valence-electron chi connectivity index (χ0n) is 10.3. The van der Waals surface area contributed by atoms with Gasteiger partial charge >= 0.3 is 0 Å². The molecule has 0 aliphatic heterocycles. The van der Waals surface area contributed by atoms with Crippen LogP contribution < -0.4 is 10.9 Å². The monoisotopic (exact) mass is 231 g/mol. The average molecular weight is 231 g/mol. The Bertz CT molecular complexity index is 574. The molecule has 2 N–H and O–H groups in total. The highest BCUT2D eigenvalue weighted by Gasteiger charge is 2.10. The molecule has 0 bridgehead atoms. The summed E-state index contributed by atoms with van der Waals surface area (Å²) in [5.74, 6) is 0.683. The van der Waals surface area contributed by atoms with Crippen LogP contribution in [0.1, 0.15) is 32.6 Å². The molecule has 2 rings (SSSR count). The Balaban J connectivity index is 2.46. The molecule has 0 aliphatic rings. The number of para-hydroxylation sites is 1. The number of nitrogens with zero attached hydrogens (tertiary/aromatic N) is 1. The number of benzene rings is 1. The van der Waals surface area contributed by atoms with Crippen LogP contribution in [0.2, 0.25) is 0 Å². The summed E-state index contributed by atoms with van der Waals surface area (Å²) in [5.41, 5.74) is 0.659. The number of hydrogen-bond donors (Lipinski definition) is 2. The van der Waals surface area contributed by atoms with Crippen molar-refractivity contribution in [3.63, 3.8) is 0 Å². The first-order valence-corrected chi connectivity index (χ1v) is 5.83. The fourth-order valence-corrected chi connectivity index (χ4v) is 1.89. The molecule has 2 aromatic rings. The minimum Gasteiger partial charge on any atom is -0.309 e. The maximum Gasteiger partial charge on any atom is 0.258 e. The predicted octanol–water partition coefficient (Wildman–Crippen LogP) is 1.98. The lowest BCUT2D eigenvalue weighted by Gasteiger charge is -2.16. The smallest absolute Gasteiger partial charge is 0.258 e. The first-order chi connectivity index (χ1) is 8.08. The van der Waals surface area contributed by atoms with Crippen molar-refractivity contribution in [1.29, 1.82) is 0 Å². The maximum atomic E-state index is 11.9. The third kappa shape index (κ3) is 2.53. The van der Waals surface area contributed by atoms with Crippen LogP contribution in [0.3, 0.4) is 0 Å².